The van der Waals surface area contributed by atoms with Crippen LogP contribution in [0.2, 0.25) is 0 Å². The van der Waals surface area contributed by atoms with Gasteiger partial charge in [-0.3, -0.25) is 4.99 Å². The first-order valence-corrected chi connectivity index (χ1v) is 11.1. The van der Waals surface area contributed by atoms with Crippen molar-refractivity contribution in [2.45, 2.75) is 27.7 Å². The molecule has 0 aliphatic heterocycles. The minimum atomic E-state index is 0.941. The first-order chi connectivity index (χ1) is 15.5. The number of aliphatic imine (C=N–C) groups is 1. The van der Waals surface area contributed by atoms with E-state index in [1.54, 1.807) is 0 Å². The maximum atomic E-state index is 5.06. The lowest BCUT2D eigenvalue weighted by Gasteiger charge is -2.18. The van der Waals surface area contributed by atoms with Crippen LogP contribution in [0.15, 0.2) is 114 Å². The van der Waals surface area contributed by atoms with Crippen LogP contribution in [0.1, 0.15) is 31.9 Å². The number of allylic oxidation sites excluding steroid dienone is 4. The van der Waals surface area contributed by atoms with Gasteiger partial charge in [0.2, 0.25) is 0 Å². The molecule has 0 amide bonds. The summed E-state index contributed by atoms with van der Waals surface area (Å²) < 4.78 is 0. The van der Waals surface area contributed by atoms with Gasteiger partial charge in [-0.25, -0.2) is 0 Å². The first-order valence-electron chi connectivity index (χ1n) is 11.1. The lowest BCUT2D eigenvalue weighted by molar-refractivity contribution is 1.30. The molecule has 4 aromatic rings. The SMILES string of the molecule is C=C/C(C)=C(\C=C/C)N=C(C)c1c2ccccc2c(-c2cccc(C)c2)c2ccccc12. The molecule has 0 saturated carbocycles. The Hall–Kier alpha value is -3.71. The van der Waals surface area contributed by atoms with Crippen molar-refractivity contribution in [1.82, 2.24) is 0 Å². The van der Waals surface area contributed by atoms with Crippen LogP contribution in [0, 0.1) is 6.92 Å². The van der Waals surface area contributed by atoms with Gasteiger partial charge in [0.15, 0.2) is 0 Å². The summed E-state index contributed by atoms with van der Waals surface area (Å²) in [7, 11) is 0. The molecule has 0 spiro atoms. The fourth-order valence-electron chi connectivity index (χ4n) is 4.39. The zero-order valence-electron chi connectivity index (χ0n) is 19.3. The van der Waals surface area contributed by atoms with E-state index in [0.717, 1.165) is 17.0 Å². The number of hydrogen-bond acceptors (Lipinski definition) is 1. The van der Waals surface area contributed by atoms with Gasteiger partial charge in [-0.1, -0.05) is 97.1 Å². The topological polar surface area (TPSA) is 12.4 Å². The maximum absolute atomic E-state index is 5.06. The van der Waals surface area contributed by atoms with Crippen molar-refractivity contribution in [3.63, 3.8) is 0 Å². The molecule has 0 bridgehead atoms. The zero-order valence-corrected chi connectivity index (χ0v) is 19.3. The molecular formula is C31H29N. The Bertz CT molecular complexity index is 1360. The molecule has 0 radical (unpaired) electrons. The fraction of sp³-hybridized carbons (Fsp3) is 0.129. The molecule has 32 heavy (non-hydrogen) atoms. The Kier molecular flexibility index (Phi) is 6.18. The predicted molar refractivity (Wildman–Crippen MR) is 142 cm³/mol. The summed E-state index contributed by atoms with van der Waals surface area (Å²) in [6.07, 6.45) is 5.94. The van der Waals surface area contributed by atoms with Crippen LogP contribution in [0.5, 0.6) is 0 Å². The normalized spacial score (nSPS) is 13.1. The smallest absolute Gasteiger partial charge is 0.0658 e. The summed E-state index contributed by atoms with van der Waals surface area (Å²) in [6.45, 7) is 12.3. The van der Waals surface area contributed by atoms with Gasteiger partial charge in [0.1, 0.15) is 0 Å². The van der Waals surface area contributed by atoms with E-state index in [0.29, 0.717) is 0 Å². The van der Waals surface area contributed by atoms with E-state index in [-0.39, 0.29) is 0 Å². The lowest BCUT2D eigenvalue weighted by atomic mass is 9.87. The summed E-state index contributed by atoms with van der Waals surface area (Å²) in [5.74, 6) is 0. The van der Waals surface area contributed by atoms with Crippen molar-refractivity contribution in [2.75, 3.05) is 0 Å². The Morgan fingerprint density at radius 2 is 1.41 bits per heavy atom. The van der Waals surface area contributed by atoms with E-state index in [9.17, 15) is 0 Å². The quantitative estimate of drug-likeness (QED) is 0.175. The monoisotopic (exact) mass is 415 g/mol. The molecule has 0 unspecified atom stereocenters. The Morgan fingerprint density at radius 1 is 0.812 bits per heavy atom. The van der Waals surface area contributed by atoms with Gasteiger partial charge in [-0.2, -0.15) is 0 Å². The molecule has 4 aromatic carbocycles. The number of fused-ring (bicyclic) bond motifs is 2. The molecule has 0 aromatic heterocycles. The highest BCUT2D eigenvalue weighted by Gasteiger charge is 2.16. The van der Waals surface area contributed by atoms with Gasteiger partial charge in [-0.05, 0) is 72.0 Å². The maximum Gasteiger partial charge on any atom is 0.0658 e. The molecule has 158 valence electrons. The van der Waals surface area contributed by atoms with Crippen molar-refractivity contribution >= 4 is 27.3 Å². The van der Waals surface area contributed by atoms with E-state index in [4.69, 9.17) is 4.99 Å². The average molecular weight is 416 g/mol. The van der Waals surface area contributed by atoms with Crippen LogP contribution in [0.3, 0.4) is 0 Å². The average Bonchev–Trinajstić information content (AvgIpc) is 2.81. The summed E-state index contributed by atoms with van der Waals surface area (Å²) >= 11 is 0. The number of rotatable bonds is 5. The van der Waals surface area contributed by atoms with Gasteiger partial charge < -0.3 is 0 Å². The molecule has 1 heteroatoms. The summed E-state index contributed by atoms with van der Waals surface area (Å²) in [5.41, 5.74) is 7.98. The minimum absolute atomic E-state index is 0.941. The molecule has 0 aliphatic carbocycles. The van der Waals surface area contributed by atoms with Gasteiger partial charge in [0, 0.05) is 11.3 Å². The second-order valence-electron chi connectivity index (χ2n) is 8.18. The van der Waals surface area contributed by atoms with Gasteiger partial charge in [0.05, 0.1) is 5.70 Å². The second kappa shape index (κ2) is 9.20. The Morgan fingerprint density at radius 3 is 1.94 bits per heavy atom. The number of hydrogen-bond donors (Lipinski definition) is 0. The van der Waals surface area contributed by atoms with E-state index in [1.807, 2.05) is 25.2 Å². The summed E-state index contributed by atoms with van der Waals surface area (Å²) in [4.78, 5) is 5.06. The van der Waals surface area contributed by atoms with Crippen molar-refractivity contribution in [2.24, 2.45) is 4.99 Å². The molecule has 4 rings (SSSR count). The first kappa shape index (κ1) is 21.5. The number of aryl methyl sites for hydroxylation is 1. The number of nitrogens with zero attached hydrogens (tertiary/aromatic N) is 1. The third-order valence-corrected chi connectivity index (χ3v) is 5.92. The highest BCUT2D eigenvalue weighted by atomic mass is 14.8. The second-order valence-corrected chi connectivity index (χ2v) is 8.18. The van der Waals surface area contributed by atoms with Crippen molar-refractivity contribution in [1.29, 1.82) is 0 Å². The van der Waals surface area contributed by atoms with Gasteiger partial charge >= 0.3 is 0 Å². The summed E-state index contributed by atoms with van der Waals surface area (Å²) in [6, 6.07) is 26.1. The van der Waals surface area contributed by atoms with E-state index >= 15 is 0 Å². The van der Waals surface area contributed by atoms with Gasteiger partial charge in [0.25, 0.3) is 0 Å². The highest BCUT2D eigenvalue weighted by Crippen LogP contribution is 2.39. The molecule has 0 N–H and O–H groups in total. The van der Waals surface area contributed by atoms with Gasteiger partial charge in [-0.15, -0.1) is 0 Å². The van der Waals surface area contributed by atoms with Crippen LogP contribution in [-0.2, 0) is 0 Å². The minimum Gasteiger partial charge on any atom is -0.253 e. The number of benzene rings is 4. The van der Waals surface area contributed by atoms with E-state index in [2.05, 4.69) is 100 Å². The molecule has 0 saturated heterocycles. The highest BCUT2D eigenvalue weighted by molar-refractivity contribution is 6.25. The molecule has 0 atom stereocenters. The van der Waals surface area contributed by atoms with Crippen LogP contribution in [0.25, 0.3) is 32.7 Å². The van der Waals surface area contributed by atoms with Crippen LogP contribution >= 0.6 is 0 Å². The summed E-state index contributed by atoms with van der Waals surface area (Å²) in [5, 5.41) is 4.94. The van der Waals surface area contributed by atoms with Crippen molar-refractivity contribution in [3.8, 4) is 11.1 Å². The third kappa shape index (κ3) is 3.94. The molecular weight excluding hydrogens is 386 g/mol. The van der Waals surface area contributed by atoms with Crippen LogP contribution < -0.4 is 0 Å². The van der Waals surface area contributed by atoms with Crippen molar-refractivity contribution in [3.05, 3.63) is 120 Å². The predicted octanol–water partition coefficient (Wildman–Crippen LogP) is 8.81. The van der Waals surface area contributed by atoms with Crippen molar-refractivity contribution < 1.29 is 0 Å². The molecule has 0 fully saturated rings. The van der Waals surface area contributed by atoms with Crippen LogP contribution in [-0.4, -0.2) is 5.71 Å². The largest absolute Gasteiger partial charge is 0.253 e. The van der Waals surface area contributed by atoms with Crippen LogP contribution in [0.4, 0.5) is 0 Å². The molecule has 0 aliphatic rings. The Labute approximate surface area is 191 Å². The molecule has 1 nitrogen and oxygen atoms in total. The zero-order chi connectivity index (χ0) is 22.7. The van der Waals surface area contributed by atoms with E-state index in [1.165, 1.54) is 43.8 Å². The fourth-order valence-corrected chi connectivity index (χ4v) is 4.39. The molecule has 0 heterocycles. The Balaban J connectivity index is 2.13. The third-order valence-electron chi connectivity index (χ3n) is 5.92. The lowest BCUT2D eigenvalue weighted by Crippen LogP contribution is -2.01. The standard InChI is InChI=1S/C31H29N/c1-6-13-29(22(4)7-2)32-23(5)30-25-16-8-10-18-27(25)31(24-15-12-14-21(3)20-24)28-19-11-9-17-26(28)30/h6-20H,2H2,1,3-5H3/b13-6-,29-22+,32-23?. The van der Waals surface area contributed by atoms with E-state index < -0.39 is 0 Å².